The van der Waals surface area contributed by atoms with E-state index >= 15 is 0 Å². The number of carbonyl (C=O) groups is 1. The summed E-state index contributed by atoms with van der Waals surface area (Å²) in [6.07, 6.45) is -0.311. The number of nitriles is 1. The second-order valence-electron chi connectivity index (χ2n) is 6.94. The Morgan fingerprint density at radius 1 is 1.36 bits per heavy atom. The van der Waals surface area contributed by atoms with Crippen molar-refractivity contribution in [2.45, 2.75) is 26.2 Å². The van der Waals surface area contributed by atoms with E-state index in [-0.39, 0.29) is 36.3 Å². The van der Waals surface area contributed by atoms with Crippen LogP contribution >= 0.6 is 0 Å². The summed E-state index contributed by atoms with van der Waals surface area (Å²) in [6.45, 7) is 3.40. The molecule has 0 saturated carbocycles. The third-order valence-corrected chi connectivity index (χ3v) is 4.83. The number of nitrogens with one attached hydrogen (secondary N) is 1. The van der Waals surface area contributed by atoms with Crippen molar-refractivity contribution in [1.82, 2.24) is 4.98 Å². The van der Waals surface area contributed by atoms with Crippen molar-refractivity contribution >= 4 is 17.4 Å². The predicted molar refractivity (Wildman–Crippen MR) is 99.0 cm³/mol. The van der Waals surface area contributed by atoms with Crippen molar-refractivity contribution in [1.29, 1.82) is 5.26 Å². The van der Waals surface area contributed by atoms with Crippen LogP contribution in [0.2, 0.25) is 0 Å². The number of carbonyl (C=O) groups excluding carboxylic acids is 1. The Morgan fingerprint density at radius 2 is 2.11 bits per heavy atom. The molecule has 3 rings (SSSR count). The molecule has 0 aliphatic carbocycles. The molecule has 0 radical (unpaired) electrons. The van der Waals surface area contributed by atoms with Crippen LogP contribution in [0.15, 0.2) is 30.3 Å². The minimum Gasteiger partial charge on any atom is -0.355 e. The highest BCUT2D eigenvalue weighted by molar-refractivity contribution is 6.07. The number of amides is 1. The first kappa shape index (κ1) is 19.7. The maximum atomic E-state index is 13.8. The topological polar surface area (TPSA) is 69.0 Å². The highest BCUT2D eigenvalue weighted by Crippen LogP contribution is 2.35. The average Bonchev–Trinajstić information content (AvgIpc) is 2.65. The van der Waals surface area contributed by atoms with Crippen LogP contribution in [0.25, 0.3) is 0 Å². The zero-order valence-electron chi connectivity index (χ0n) is 15.5. The highest BCUT2D eigenvalue weighted by atomic mass is 19.3. The lowest BCUT2D eigenvalue weighted by molar-refractivity contribution is -0.0652. The molecule has 1 fully saturated rings. The molecule has 28 heavy (non-hydrogen) atoms. The smallest absolute Gasteiger partial charge is 0.259 e. The van der Waals surface area contributed by atoms with Crippen LogP contribution < -0.4 is 10.2 Å². The molecule has 5 nitrogen and oxygen atoms in total. The summed E-state index contributed by atoms with van der Waals surface area (Å²) in [5, 5.41) is 11.5. The number of aromatic nitrogens is 1. The fourth-order valence-corrected chi connectivity index (χ4v) is 3.13. The molecular formula is C20H19F3N4O. The van der Waals surface area contributed by atoms with E-state index in [1.165, 1.54) is 19.1 Å². The van der Waals surface area contributed by atoms with Crippen molar-refractivity contribution in [3.05, 3.63) is 53.0 Å². The van der Waals surface area contributed by atoms with E-state index in [2.05, 4.69) is 10.3 Å². The number of halogens is 3. The van der Waals surface area contributed by atoms with Gasteiger partial charge in [0.1, 0.15) is 17.7 Å². The molecule has 0 bridgehead atoms. The lowest BCUT2D eigenvalue weighted by atomic mass is 9.95. The molecule has 2 aromatic rings. The molecule has 2 heterocycles. The third kappa shape index (κ3) is 3.93. The van der Waals surface area contributed by atoms with E-state index in [1.54, 1.807) is 30.0 Å². The summed E-state index contributed by atoms with van der Waals surface area (Å²) in [5.41, 5.74) is 0.955. The second kappa shape index (κ2) is 7.50. The number of rotatable bonds is 3. The summed E-state index contributed by atoms with van der Waals surface area (Å²) < 4.78 is 41.1. The zero-order chi connectivity index (χ0) is 20.5. The molecule has 1 aromatic heterocycles. The summed E-state index contributed by atoms with van der Waals surface area (Å²) in [7, 11) is 0. The summed E-state index contributed by atoms with van der Waals surface area (Å²) in [4.78, 5) is 18.9. The van der Waals surface area contributed by atoms with E-state index in [1.807, 2.05) is 0 Å². The lowest BCUT2D eigenvalue weighted by Gasteiger charge is -2.38. The van der Waals surface area contributed by atoms with Crippen LogP contribution in [-0.2, 0) is 0 Å². The Kier molecular flexibility index (Phi) is 5.27. The monoisotopic (exact) mass is 388 g/mol. The Labute approximate surface area is 160 Å². The van der Waals surface area contributed by atoms with Crippen molar-refractivity contribution in [3.63, 3.8) is 0 Å². The highest BCUT2D eigenvalue weighted by Gasteiger charge is 2.42. The van der Waals surface area contributed by atoms with E-state index < -0.39 is 23.6 Å². The molecule has 1 saturated heterocycles. The number of hydrogen-bond acceptors (Lipinski definition) is 4. The fraction of sp³-hybridized carbons (Fsp3) is 0.350. The Bertz CT molecular complexity index is 955. The molecular weight excluding hydrogens is 369 g/mol. The van der Waals surface area contributed by atoms with Crippen LogP contribution in [0.1, 0.15) is 35.0 Å². The molecule has 1 aliphatic rings. The Hall–Kier alpha value is -3.08. The van der Waals surface area contributed by atoms with Gasteiger partial charge in [0.2, 0.25) is 0 Å². The van der Waals surface area contributed by atoms with Gasteiger partial charge in [-0.3, -0.25) is 4.79 Å². The normalized spacial score (nSPS) is 18.4. The average molecular weight is 388 g/mol. The van der Waals surface area contributed by atoms with Gasteiger partial charge in [-0.1, -0.05) is 6.92 Å². The van der Waals surface area contributed by atoms with Crippen LogP contribution in [0.5, 0.6) is 0 Å². The van der Waals surface area contributed by atoms with Crippen LogP contribution in [0.3, 0.4) is 0 Å². The van der Waals surface area contributed by atoms with Crippen LogP contribution in [-0.4, -0.2) is 29.9 Å². The SMILES string of the molecule is Cc1ccc(C(=O)Nc2ccc(F)c(C#N)c2)c(N2CCC(F)(F)C(C)C2)n1. The summed E-state index contributed by atoms with van der Waals surface area (Å²) in [6, 6.07) is 8.63. The van der Waals surface area contributed by atoms with Crippen molar-refractivity contribution in [2.75, 3.05) is 23.3 Å². The standard InChI is InChI=1S/C20H19F3N4O/c1-12-11-27(8-7-20(12,22)23)18-16(5-3-13(2)25-18)19(28)26-15-4-6-17(21)14(9-15)10-24/h3-6,9,12H,7-8,11H2,1-2H3,(H,26,28). The van der Waals surface area contributed by atoms with E-state index in [0.29, 0.717) is 11.5 Å². The molecule has 1 amide bonds. The number of hydrogen-bond donors (Lipinski definition) is 1. The number of benzene rings is 1. The number of alkyl halides is 2. The third-order valence-electron chi connectivity index (χ3n) is 4.83. The van der Waals surface area contributed by atoms with Gasteiger partial charge in [-0.15, -0.1) is 0 Å². The van der Waals surface area contributed by atoms with Crippen molar-refractivity contribution in [2.24, 2.45) is 5.92 Å². The Balaban J connectivity index is 1.88. The van der Waals surface area contributed by atoms with Gasteiger partial charge in [-0.2, -0.15) is 5.26 Å². The molecule has 1 N–H and O–H groups in total. The molecule has 1 aromatic carbocycles. The van der Waals surface area contributed by atoms with E-state index in [9.17, 15) is 18.0 Å². The quantitative estimate of drug-likeness (QED) is 0.858. The number of pyridine rings is 1. The summed E-state index contributed by atoms with van der Waals surface area (Å²) >= 11 is 0. The first-order valence-electron chi connectivity index (χ1n) is 8.82. The summed E-state index contributed by atoms with van der Waals surface area (Å²) in [5.74, 6) is -4.47. The fourth-order valence-electron chi connectivity index (χ4n) is 3.13. The maximum absolute atomic E-state index is 13.8. The molecule has 8 heteroatoms. The predicted octanol–water partition coefficient (Wildman–Crippen LogP) is 4.13. The first-order chi connectivity index (χ1) is 13.2. The van der Waals surface area contributed by atoms with Crippen LogP contribution in [0, 0.1) is 30.0 Å². The minimum atomic E-state index is -2.75. The molecule has 146 valence electrons. The largest absolute Gasteiger partial charge is 0.355 e. The van der Waals surface area contributed by atoms with E-state index in [4.69, 9.17) is 5.26 Å². The number of piperidine rings is 1. The molecule has 1 unspecified atom stereocenters. The number of aryl methyl sites for hydroxylation is 1. The Morgan fingerprint density at radius 3 is 2.79 bits per heavy atom. The lowest BCUT2D eigenvalue weighted by Crippen LogP contribution is -2.46. The molecule has 1 aliphatic heterocycles. The minimum absolute atomic E-state index is 0.0822. The zero-order valence-corrected chi connectivity index (χ0v) is 15.5. The van der Waals surface area contributed by atoms with Gasteiger partial charge in [0.05, 0.1) is 11.1 Å². The van der Waals surface area contributed by atoms with Gasteiger partial charge in [0, 0.05) is 36.8 Å². The van der Waals surface area contributed by atoms with Crippen molar-refractivity contribution in [3.8, 4) is 6.07 Å². The molecule has 1 atom stereocenters. The van der Waals surface area contributed by atoms with Gasteiger partial charge in [0.15, 0.2) is 0 Å². The molecule has 0 spiro atoms. The van der Waals surface area contributed by atoms with Gasteiger partial charge in [0.25, 0.3) is 11.8 Å². The second-order valence-corrected chi connectivity index (χ2v) is 6.94. The number of anilines is 2. The van der Waals surface area contributed by atoms with Gasteiger partial charge < -0.3 is 10.2 Å². The van der Waals surface area contributed by atoms with Gasteiger partial charge in [-0.05, 0) is 37.3 Å². The van der Waals surface area contributed by atoms with Gasteiger partial charge in [-0.25, -0.2) is 18.2 Å². The van der Waals surface area contributed by atoms with Crippen molar-refractivity contribution < 1.29 is 18.0 Å². The first-order valence-corrected chi connectivity index (χ1v) is 8.82. The van der Waals surface area contributed by atoms with Crippen LogP contribution in [0.4, 0.5) is 24.7 Å². The number of nitrogens with zero attached hydrogens (tertiary/aromatic N) is 3. The maximum Gasteiger partial charge on any atom is 0.259 e. The van der Waals surface area contributed by atoms with E-state index in [0.717, 1.165) is 6.07 Å². The van der Waals surface area contributed by atoms with Gasteiger partial charge >= 0.3 is 0 Å².